The molecule has 0 saturated heterocycles. The van der Waals surface area contributed by atoms with Gasteiger partial charge in [0.1, 0.15) is 5.75 Å². The summed E-state index contributed by atoms with van der Waals surface area (Å²) >= 11 is 3.50. The Morgan fingerprint density at radius 2 is 2.14 bits per heavy atom. The summed E-state index contributed by atoms with van der Waals surface area (Å²) in [6, 6.07) is 6.68. The lowest BCUT2D eigenvalue weighted by molar-refractivity contribution is 0.256. The van der Waals surface area contributed by atoms with Crippen molar-refractivity contribution >= 4 is 15.9 Å². The van der Waals surface area contributed by atoms with Gasteiger partial charge in [-0.3, -0.25) is 0 Å². The van der Waals surface area contributed by atoms with Gasteiger partial charge in [0.25, 0.3) is 5.89 Å². The van der Waals surface area contributed by atoms with E-state index in [0.29, 0.717) is 24.4 Å². The second kappa shape index (κ2) is 6.58. The molecule has 0 unspecified atom stereocenters. The van der Waals surface area contributed by atoms with Crippen LogP contribution in [-0.2, 0) is 19.6 Å². The molecule has 1 N–H and O–H groups in total. The maximum absolute atomic E-state index is 5.83. The maximum Gasteiger partial charge on any atom is 0.253 e. The topological polar surface area (TPSA) is 60.2 Å². The van der Waals surface area contributed by atoms with Gasteiger partial charge in [-0.1, -0.05) is 22.9 Å². The highest BCUT2D eigenvalue weighted by atomic mass is 79.9. The van der Waals surface area contributed by atoms with E-state index in [1.165, 1.54) is 12.8 Å². The van der Waals surface area contributed by atoms with Crippen LogP contribution in [0.3, 0.4) is 0 Å². The number of hydrogen-bond donors (Lipinski definition) is 1. The average Bonchev–Trinajstić information content (AvgIpc) is 3.21. The number of aryl methyl sites for hydroxylation is 1. The highest BCUT2D eigenvalue weighted by Crippen LogP contribution is 2.26. The van der Waals surface area contributed by atoms with Gasteiger partial charge in [0, 0.05) is 29.0 Å². The zero-order valence-corrected chi connectivity index (χ0v) is 13.5. The van der Waals surface area contributed by atoms with Gasteiger partial charge in [0.15, 0.2) is 6.61 Å². The Bertz CT molecular complexity index is 611. The van der Waals surface area contributed by atoms with Crippen LogP contribution in [0.15, 0.2) is 27.1 Å². The van der Waals surface area contributed by atoms with Crippen LogP contribution >= 0.6 is 15.9 Å². The monoisotopic (exact) mass is 351 g/mol. The minimum atomic E-state index is 0.297. The first-order chi connectivity index (χ1) is 10.2. The predicted octanol–water partition coefficient (Wildman–Crippen LogP) is 3.23. The molecule has 21 heavy (non-hydrogen) atoms. The van der Waals surface area contributed by atoms with Gasteiger partial charge in [-0.05, 0) is 31.0 Å². The lowest BCUT2D eigenvalue weighted by Crippen LogP contribution is -2.16. The van der Waals surface area contributed by atoms with Crippen LogP contribution in [0.2, 0.25) is 0 Å². The molecular formula is C15H18BrN3O2. The summed E-state index contributed by atoms with van der Waals surface area (Å²) in [5.74, 6) is 2.00. The number of aromatic nitrogens is 2. The molecule has 112 valence electrons. The van der Waals surface area contributed by atoms with Crippen molar-refractivity contribution in [2.24, 2.45) is 0 Å². The van der Waals surface area contributed by atoms with Gasteiger partial charge < -0.3 is 14.5 Å². The van der Waals surface area contributed by atoms with E-state index in [1.807, 2.05) is 19.1 Å². The summed E-state index contributed by atoms with van der Waals surface area (Å²) in [6.07, 6.45) is 3.28. The molecule has 0 spiro atoms. The summed E-state index contributed by atoms with van der Waals surface area (Å²) in [4.78, 5) is 0. The van der Waals surface area contributed by atoms with Crippen molar-refractivity contribution in [3.8, 4) is 5.75 Å². The number of rotatable bonds is 7. The summed E-state index contributed by atoms with van der Waals surface area (Å²) < 4.78 is 12.3. The zero-order valence-electron chi connectivity index (χ0n) is 11.9. The van der Waals surface area contributed by atoms with Crippen molar-refractivity contribution in [2.75, 3.05) is 0 Å². The van der Waals surface area contributed by atoms with E-state index < -0.39 is 0 Å². The van der Waals surface area contributed by atoms with E-state index in [-0.39, 0.29) is 0 Å². The summed E-state index contributed by atoms with van der Waals surface area (Å²) in [6.45, 7) is 3.09. The Labute approximate surface area is 132 Å². The second-order valence-electron chi connectivity index (χ2n) is 5.14. The number of ether oxygens (including phenoxy) is 1. The number of halogens is 1. The molecule has 1 aromatic heterocycles. The van der Waals surface area contributed by atoms with Crippen molar-refractivity contribution in [1.29, 1.82) is 0 Å². The van der Waals surface area contributed by atoms with Crippen molar-refractivity contribution < 1.29 is 9.15 Å². The molecule has 1 aromatic carbocycles. The van der Waals surface area contributed by atoms with Crippen molar-refractivity contribution in [1.82, 2.24) is 15.5 Å². The smallest absolute Gasteiger partial charge is 0.253 e. The van der Waals surface area contributed by atoms with E-state index in [1.54, 1.807) is 0 Å². The first kappa shape index (κ1) is 14.5. The molecule has 0 bridgehead atoms. The van der Waals surface area contributed by atoms with Crippen LogP contribution in [0, 0.1) is 0 Å². The van der Waals surface area contributed by atoms with Crippen LogP contribution in [0.1, 0.15) is 37.1 Å². The molecule has 1 heterocycles. The molecule has 0 atom stereocenters. The molecule has 1 aliphatic rings. The SMILES string of the molecule is CCc1nnc(COc2ccc(Br)cc2CNC2CC2)o1. The van der Waals surface area contributed by atoms with Crippen LogP contribution in [0.5, 0.6) is 5.75 Å². The Kier molecular flexibility index (Phi) is 4.55. The lowest BCUT2D eigenvalue weighted by Gasteiger charge is -2.11. The zero-order chi connectivity index (χ0) is 14.7. The summed E-state index contributed by atoms with van der Waals surface area (Å²) in [7, 11) is 0. The summed E-state index contributed by atoms with van der Waals surface area (Å²) in [5.41, 5.74) is 1.13. The molecule has 1 aliphatic carbocycles. The third-order valence-electron chi connectivity index (χ3n) is 3.34. The molecule has 0 amide bonds. The van der Waals surface area contributed by atoms with E-state index in [4.69, 9.17) is 9.15 Å². The molecule has 1 fully saturated rings. The third-order valence-corrected chi connectivity index (χ3v) is 3.84. The van der Waals surface area contributed by atoms with Gasteiger partial charge in [0.05, 0.1) is 0 Å². The molecule has 0 radical (unpaired) electrons. The minimum absolute atomic E-state index is 0.297. The largest absolute Gasteiger partial charge is 0.483 e. The third kappa shape index (κ3) is 4.04. The Morgan fingerprint density at radius 1 is 1.33 bits per heavy atom. The van der Waals surface area contributed by atoms with Crippen LogP contribution in [-0.4, -0.2) is 16.2 Å². The highest BCUT2D eigenvalue weighted by molar-refractivity contribution is 9.10. The van der Waals surface area contributed by atoms with Crippen LogP contribution in [0.25, 0.3) is 0 Å². The van der Waals surface area contributed by atoms with Gasteiger partial charge in [0.2, 0.25) is 5.89 Å². The van der Waals surface area contributed by atoms with Crippen molar-refractivity contribution in [3.05, 3.63) is 40.0 Å². The van der Waals surface area contributed by atoms with Gasteiger partial charge in [-0.15, -0.1) is 10.2 Å². The van der Waals surface area contributed by atoms with Gasteiger partial charge in [-0.25, -0.2) is 0 Å². The second-order valence-corrected chi connectivity index (χ2v) is 6.05. The van der Waals surface area contributed by atoms with Crippen molar-refractivity contribution in [3.63, 3.8) is 0 Å². The van der Waals surface area contributed by atoms with Crippen LogP contribution in [0.4, 0.5) is 0 Å². The Hall–Kier alpha value is -1.40. The standard InChI is InChI=1S/C15H18BrN3O2/c1-2-14-18-19-15(21-14)9-20-13-6-3-11(16)7-10(13)8-17-12-4-5-12/h3,6-7,12,17H,2,4-5,8-9H2,1H3. The van der Waals surface area contributed by atoms with E-state index >= 15 is 0 Å². The van der Waals surface area contributed by atoms with Crippen LogP contribution < -0.4 is 10.1 Å². The highest BCUT2D eigenvalue weighted by Gasteiger charge is 2.20. The van der Waals surface area contributed by atoms with Crippen molar-refractivity contribution in [2.45, 2.75) is 45.4 Å². The minimum Gasteiger partial charge on any atom is -0.483 e. The fourth-order valence-corrected chi connectivity index (χ4v) is 2.41. The fourth-order valence-electron chi connectivity index (χ4n) is 2.00. The lowest BCUT2D eigenvalue weighted by atomic mass is 10.2. The normalized spacial score (nSPS) is 14.4. The van der Waals surface area contributed by atoms with E-state index in [2.05, 4.69) is 37.5 Å². The van der Waals surface area contributed by atoms with Gasteiger partial charge >= 0.3 is 0 Å². The average molecular weight is 352 g/mol. The maximum atomic E-state index is 5.83. The Balaban J connectivity index is 1.65. The molecule has 3 rings (SSSR count). The molecule has 0 aliphatic heterocycles. The predicted molar refractivity (Wildman–Crippen MR) is 82.0 cm³/mol. The number of benzene rings is 1. The van der Waals surface area contributed by atoms with E-state index in [0.717, 1.165) is 28.8 Å². The van der Waals surface area contributed by atoms with E-state index in [9.17, 15) is 0 Å². The molecular weight excluding hydrogens is 334 g/mol. The Morgan fingerprint density at radius 3 is 2.86 bits per heavy atom. The van der Waals surface area contributed by atoms with Gasteiger partial charge in [-0.2, -0.15) is 0 Å². The first-order valence-electron chi connectivity index (χ1n) is 7.20. The first-order valence-corrected chi connectivity index (χ1v) is 7.99. The fraction of sp³-hybridized carbons (Fsp3) is 0.467. The molecule has 1 saturated carbocycles. The number of nitrogens with one attached hydrogen (secondary N) is 1. The quantitative estimate of drug-likeness (QED) is 0.829. The number of hydrogen-bond acceptors (Lipinski definition) is 5. The number of nitrogens with zero attached hydrogens (tertiary/aromatic N) is 2. The molecule has 5 nitrogen and oxygen atoms in total. The molecule has 6 heteroatoms. The summed E-state index contributed by atoms with van der Waals surface area (Å²) in [5, 5.41) is 11.4. The molecule has 2 aromatic rings.